The average molecular weight is 210 g/mol. The Bertz CT molecular complexity index is 256. The van der Waals surface area contributed by atoms with Gasteiger partial charge in [0.15, 0.2) is 5.82 Å². The summed E-state index contributed by atoms with van der Waals surface area (Å²) in [6.07, 6.45) is 4.86. The van der Waals surface area contributed by atoms with Gasteiger partial charge in [0.1, 0.15) is 0 Å². The molecule has 0 amide bonds. The van der Waals surface area contributed by atoms with E-state index in [0.717, 1.165) is 37.8 Å². The SMILES string of the molecule is c1nc(CCNCC2CCCNC2)no1. The Labute approximate surface area is 89.6 Å². The van der Waals surface area contributed by atoms with Gasteiger partial charge in [-0.25, -0.2) is 0 Å². The van der Waals surface area contributed by atoms with E-state index in [-0.39, 0.29) is 0 Å². The van der Waals surface area contributed by atoms with E-state index in [2.05, 4.69) is 25.3 Å². The highest BCUT2D eigenvalue weighted by Crippen LogP contribution is 2.07. The summed E-state index contributed by atoms with van der Waals surface area (Å²) in [5.74, 6) is 1.56. The molecular weight excluding hydrogens is 192 g/mol. The predicted molar refractivity (Wildman–Crippen MR) is 56.5 cm³/mol. The monoisotopic (exact) mass is 210 g/mol. The molecule has 84 valence electrons. The number of hydrogen-bond donors (Lipinski definition) is 2. The van der Waals surface area contributed by atoms with E-state index in [0.29, 0.717) is 0 Å². The van der Waals surface area contributed by atoms with Gasteiger partial charge in [-0.05, 0) is 38.4 Å². The van der Waals surface area contributed by atoms with Crippen LogP contribution in [0.5, 0.6) is 0 Å². The average Bonchev–Trinajstić information content (AvgIpc) is 2.79. The fourth-order valence-corrected chi connectivity index (χ4v) is 1.91. The summed E-state index contributed by atoms with van der Waals surface area (Å²) in [5.41, 5.74) is 0. The second kappa shape index (κ2) is 5.82. The lowest BCUT2D eigenvalue weighted by Crippen LogP contribution is -2.36. The molecule has 2 rings (SSSR count). The van der Waals surface area contributed by atoms with Gasteiger partial charge in [-0.2, -0.15) is 4.98 Å². The highest BCUT2D eigenvalue weighted by atomic mass is 16.5. The molecule has 0 saturated carbocycles. The molecule has 0 bridgehead atoms. The lowest BCUT2D eigenvalue weighted by molar-refractivity contribution is 0.360. The molecule has 1 atom stereocenters. The first-order valence-electron chi connectivity index (χ1n) is 5.62. The van der Waals surface area contributed by atoms with Crippen molar-refractivity contribution in [1.29, 1.82) is 0 Å². The summed E-state index contributed by atoms with van der Waals surface area (Å²) in [6, 6.07) is 0. The van der Waals surface area contributed by atoms with Crippen molar-refractivity contribution >= 4 is 0 Å². The van der Waals surface area contributed by atoms with Crippen molar-refractivity contribution in [3.05, 3.63) is 12.2 Å². The molecule has 2 heterocycles. The number of rotatable bonds is 5. The van der Waals surface area contributed by atoms with E-state index in [9.17, 15) is 0 Å². The van der Waals surface area contributed by atoms with Crippen LogP contribution < -0.4 is 10.6 Å². The molecule has 2 N–H and O–H groups in total. The van der Waals surface area contributed by atoms with E-state index in [1.807, 2.05) is 0 Å². The zero-order chi connectivity index (χ0) is 10.3. The number of hydrogen-bond acceptors (Lipinski definition) is 5. The molecule has 0 aliphatic carbocycles. The maximum Gasteiger partial charge on any atom is 0.213 e. The molecule has 15 heavy (non-hydrogen) atoms. The molecule has 1 saturated heterocycles. The molecule has 1 fully saturated rings. The van der Waals surface area contributed by atoms with Gasteiger partial charge in [-0.3, -0.25) is 0 Å². The molecule has 1 aromatic heterocycles. The van der Waals surface area contributed by atoms with E-state index >= 15 is 0 Å². The van der Waals surface area contributed by atoms with Crippen LogP contribution in [0.25, 0.3) is 0 Å². The molecular formula is C10H18N4O. The number of aromatic nitrogens is 2. The smallest absolute Gasteiger partial charge is 0.213 e. The van der Waals surface area contributed by atoms with E-state index in [4.69, 9.17) is 0 Å². The maximum atomic E-state index is 4.66. The van der Waals surface area contributed by atoms with Crippen LogP contribution in [0.2, 0.25) is 0 Å². The van der Waals surface area contributed by atoms with Crippen molar-refractivity contribution in [2.45, 2.75) is 19.3 Å². The molecule has 0 spiro atoms. The summed E-state index contributed by atoms with van der Waals surface area (Å²) in [4.78, 5) is 3.97. The number of nitrogens with one attached hydrogen (secondary N) is 2. The Morgan fingerprint density at radius 1 is 1.60 bits per heavy atom. The highest BCUT2D eigenvalue weighted by molar-refractivity contribution is 4.79. The molecule has 1 aliphatic rings. The van der Waals surface area contributed by atoms with Crippen LogP contribution >= 0.6 is 0 Å². The fraction of sp³-hybridized carbons (Fsp3) is 0.800. The van der Waals surface area contributed by atoms with Gasteiger partial charge in [0.2, 0.25) is 6.39 Å². The van der Waals surface area contributed by atoms with Crippen molar-refractivity contribution in [3.63, 3.8) is 0 Å². The van der Waals surface area contributed by atoms with Gasteiger partial charge in [0, 0.05) is 13.0 Å². The quantitative estimate of drug-likeness (QED) is 0.680. The van der Waals surface area contributed by atoms with Crippen LogP contribution in [-0.2, 0) is 6.42 Å². The van der Waals surface area contributed by atoms with Crippen LogP contribution in [0.4, 0.5) is 0 Å². The van der Waals surface area contributed by atoms with Crippen LogP contribution in [0, 0.1) is 5.92 Å². The minimum Gasteiger partial charge on any atom is -0.343 e. The Balaban J connectivity index is 1.54. The Morgan fingerprint density at radius 3 is 3.33 bits per heavy atom. The van der Waals surface area contributed by atoms with Crippen LogP contribution in [-0.4, -0.2) is 36.3 Å². The van der Waals surface area contributed by atoms with Gasteiger partial charge in [0.05, 0.1) is 0 Å². The standard InChI is InChI=1S/C10H18N4O/c1-2-9(6-11-4-1)7-12-5-3-10-13-8-15-14-10/h8-9,11-12H,1-7H2. The van der Waals surface area contributed by atoms with Crippen molar-refractivity contribution in [3.8, 4) is 0 Å². The second-order valence-electron chi connectivity index (χ2n) is 4.01. The Morgan fingerprint density at radius 2 is 2.60 bits per heavy atom. The van der Waals surface area contributed by atoms with Crippen LogP contribution in [0.1, 0.15) is 18.7 Å². The molecule has 0 aromatic carbocycles. The lowest BCUT2D eigenvalue weighted by atomic mass is 10.00. The van der Waals surface area contributed by atoms with Gasteiger partial charge >= 0.3 is 0 Å². The topological polar surface area (TPSA) is 63.0 Å². The van der Waals surface area contributed by atoms with E-state index in [1.54, 1.807) is 0 Å². The van der Waals surface area contributed by atoms with Gasteiger partial charge in [0.25, 0.3) is 0 Å². The van der Waals surface area contributed by atoms with Gasteiger partial charge in [-0.1, -0.05) is 5.16 Å². The molecule has 1 aromatic rings. The fourth-order valence-electron chi connectivity index (χ4n) is 1.91. The third kappa shape index (κ3) is 3.60. The van der Waals surface area contributed by atoms with Gasteiger partial charge < -0.3 is 15.2 Å². The van der Waals surface area contributed by atoms with E-state index < -0.39 is 0 Å². The van der Waals surface area contributed by atoms with Crippen molar-refractivity contribution in [1.82, 2.24) is 20.8 Å². The molecule has 1 unspecified atom stereocenters. The molecule has 1 aliphatic heterocycles. The van der Waals surface area contributed by atoms with E-state index in [1.165, 1.54) is 25.8 Å². The zero-order valence-corrected chi connectivity index (χ0v) is 8.91. The largest absolute Gasteiger partial charge is 0.343 e. The normalized spacial score (nSPS) is 21.7. The third-order valence-corrected chi connectivity index (χ3v) is 2.76. The summed E-state index contributed by atoms with van der Waals surface area (Å²) >= 11 is 0. The first-order chi connectivity index (χ1) is 7.45. The summed E-state index contributed by atoms with van der Waals surface area (Å²) in [5, 5.41) is 10.6. The highest BCUT2D eigenvalue weighted by Gasteiger charge is 2.11. The Hall–Kier alpha value is -0.940. The van der Waals surface area contributed by atoms with Crippen molar-refractivity contribution in [2.75, 3.05) is 26.2 Å². The predicted octanol–water partition coefficient (Wildman–Crippen LogP) is 0.201. The minimum absolute atomic E-state index is 0.781. The Kier molecular flexibility index (Phi) is 4.11. The maximum absolute atomic E-state index is 4.66. The van der Waals surface area contributed by atoms with Gasteiger partial charge in [-0.15, -0.1) is 0 Å². The molecule has 0 radical (unpaired) electrons. The number of nitrogens with zero attached hydrogens (tertiary/aromatic N) is 2. The van der Waals surface area contributed by atoms with Crippen molar-refractivity contribution in [2.24, 2.45) is 5.92 Å². The molecule has 5 heteroatoms. The summed E-state index contributed by atoms with van der Waals surface area (Å²) < 4.78 is 4.66. The first-order valence-corrected chi connectivity index (χ1v) is 5.62. The van der Waals surface area contributed by atoms with Crippen molar-refractivity contribution < 1.29 is 4.52 Å². The van der Waals surface area contributed by atoms with Crippen LogP contribution in [0.15, 0.2) is 10.9 Å². The van der Waals surface area contributed by atoms with Crippen LogP contribution in [0.3, 0.4) is 0 Å². The summed E-state index contributed by atoms with van der Waals surface area (Å²) in [6.45, 7) is 4.34. The molecule has 5 nitrogen and oxygen atoms in total. The minimum atomic E-state index is 0.781. The zero-order valence-electron chi connectivity index (χ0n) is 8.91. The first kappa shape index (κ1) is 10.6. The second-order valence-corrected chi connectivity index (χ2v) is 4.01. The lowest BCUT2D eigenvalue weighted by Gasteiger charge is -2.22. The number of piperidine rings is 1. The summed E-state index contributed by atoms with van der Waals surface area (Å²) in [7, 11) is 0. The third-order valence-electron chi connectivity index (χ3n) is 2.76.